The van der Waals surface area contributed by atoms with E-state index in [0.29, 0.717) is 0 Å². The summed E-state index contributed by atoms with van der Waals surface area (Å²) in [5.74, 6) is 0.804. The fourth-order valence-corrected chi connectivity index (χ4v) is 2.38. The van der Waals surface area contributed by atoms with E-state index in [4.69, 9.17) is 0 Å². The minimum Gasteiger partial charge on any atom is -0.363 e. The summed E-state index contributed by atoms with van der Waals surface area (Å²) < 4.78 is 2.82. The zero-order valence-electron chi connectivity index (χ0n) is 11.2. The molecule has 1 N–H and O–H groups in total. The van der Waals surface area contributed by atoms with Gasteiger partial charge in [0.2, 0.25) is 0 Å². The van der Waals surface area contributed by atoms with E-state index in [9.17, 15) is 0 Å². The highest BCUT2D eigenvalue weighted by Crippen LogP contribution is 2.24. The first-order valence-electron chi connectivity index (χ1n) is 6.30. The number of benzene rings is 1. The number of anilines is 1. The summed E-state index contributed by atoms with van der Waals surface area (Å²) in [6, 6.07) is 8.40. The first-order valence-corrected chi connectivity index (χ1v) is 7.09. The van der Waals surface area contributed by atoms with Gasteiger partial charge in [0.05, 0.1) is 11.6 Å². The molecule has 20 heavy (non-hydrogen) atoms. The zero-order valence-corrected chi connectivity index (χ0v) is 12.8. The number of rotatable bonds is 3. The molecular weight excluding hydrogens is 318 g/mol. The molecule has 2 heterocycles. The van der Waals surface area contributed by atoms with Crippen LogP contribution in [0, 0.1) is 0 Å². The molecule has 102 valence electrons. The van der Waals surface area contributed by atoms with Crippen LogP contribution in [-0.4, -0.2) is 19.7 Å². The molecule has 0 spiro atoms. The molecule has 3 rings (SSSR count). The van der Waals surface area contributed by atoms with Gasteiger partial charge in [-0.15, -0.1) is 0 Å². The van der Waals surface area contributed by atoms with E-state index in [-0.39, 0.29) is 6.04 Å². The van der Waals surface area contributed by atoms with Crippen LogP contribution in [0.4, 0.5) is 5.82 Å². The van der Waals surface area contributed by atoms with Crippen molar-refractivity contribution in [3.63, 3.8) is 0 Å². The van der Waals surface area contributed by atoms with Crippen molar-refractivity contribution in [2.75, 3.05) is 5.32 Å². The maximum atomic E-state index is 4.32. The fourth-order valence-electron chi connectivity index (χ4n) is 2.12. The van der Waals surface area contributed by atoms with Gasteiger partial charge in [0.25, 0.3) is 0 Å². The van der Waals surface area contributed by atoms with E-state index in [1.165, 1.54) is 5.56 Å². The molecule has 0 aliphatic rings. The Morgan fingerprint density at radius 3 is 2.70 bits per heavy atom. The van der Waals surface area contributed by atoms with Gasteiger partial charge in [-0.2, -0.15) is 5.10 Å². The molecule has 0 radical (unpaired) electrons. The summed E-state index contributed by atoms with van der Waals surface area (Å²) in [5.41, 5.74) is 2.02. The van der Waals surface area contributed by atoms with E-state index in [1.54, 1.807) is 17.2 Å². The Morgan fingerprint density at radius 2 is 1.95 bits per heavy atom. The zero-order chi connectivity index (χ0) is 14.1. The van der Waals surface area contributed by atoms with Gasteiger partial charge in [0.15, 0.2) is 5.65 Å². The Kier molecular flexibility index (Phi) is 3.40. The lowest BCUT2D eigenvalue weighted by Crippen LogP contribution is -2.08. The number of hydrogen-bond donors (Lipinski definition) is 1. The number of halogens is 1. The minimum atomic E-state index is 0.154. The maximum Gasteiger partial charge on any atom is 0.163 e. The molecule has 1 aromatic carbocycles. The van der Waals surface area contributed by atoms with Crippen molar-refractivity contribution < 1.29 is 0 Å². The summed E-state index contributed by atoms with van der Waals surface area (Å²) in [6.07, 6.45) is 3.34. The SMILES string of the molecule is CC(Nc1ncnc2c1cnn2C)c1ccc(Br)cc1. The van der Waals surface area contributed by atoms with E-state index < -0.39 is 0 Å². The van der Waals surface area contributed by atoms with Crippen molar-refractivity contribution in [3.05, 3.63) is 46.8 Å². The quantitative estimate of drug-likeness (QED) is 0.800. The minimum absolute atomic E-state index is 0.154. The molecule has 2 aromatic heterocycles. The number of aromatic nitrogens is 4. The third-order valence-electron chi connectivity index (χ3n) is 3.25. The Balaban J connectivity index is 1.91. The molecule has 1 unspecified atom stereocenters. The second-order valence-corrected chi connectivity index (χ2v) is 5.56. The van der Waals surface area contributed by atoms with Crippen LogP contribution >= 0.6 is 15.9 Å². The number of nitrogens with one attached hydrogen (secondary N) is 1. The average molecular weight is 332 g/mol. The molecule has 1 atom stereocenters. The van der Waals surface area contributed by atoms with Gasteiger partial charge in [0.1, 0.15) is 12.1 Å². The first kappa shape index (κ1) is 13.1. The van der Waals surface area contributed by atoms with Crippen molar-refractivity contribution >= 4 is 32.8 Å². The predicted molar refractivity (Wildman–Crippen MR) is 82.5 cm³/mol. The predicted octanol–water partition coefficient (Wildman–Crippen LogP) is 3.30. The van der Waals surface area contributed by atoms with Crippen LogP contribution in [-0.2, 0) is 7.05 Å². The second-order valence-electron chi connectivity index (χ2n) is 4.65. The molecule has 5 nitrogen and oxygen atoms in total. The van der Waals surface area contributed by atoms with Crippen molar-refractivity contribution in [1.29, 1.82) is 0 Å². The van der Waals surface area contributed by atoms with Crippen LogP contribution in [0.15, 0.2) is 41.3 Å². The molecule has 0 saturated carbocycles. The van der Waals surface area contributed by atoms with Gasteiger partial charge in [0, 0.05) is 17.6 Å². The van der Waals surface area contributed by atoms with Crippen LogP contribution < -0.4 is 5.32 Å². The summed E-state index contributed by atoms with van der Waals surface area (Å²) in [5, 5.41) is 8.56. The molecule has 3 aromatic rings. The molecule has 6 heteroatoms. The van der Waals surface area contributed by atoms with E-state index in [0.717, 1.165) is 21.3 Å². The average Bonchev–Trinajstić information content (AvgIpc) is 2.82. The molecule has 0 fully saturated rings. The van der Waals surface area contributed by atoms with Crippen LogP contribution in [0.2, 0.25) is 0 Å². The molecule has 0 aliphatic carbocycles. The van der Waals surface area contributed by atoms with Gasteiger partial charge in [-0.3, -0.25) is 4.68 Å². The summed E-state index contributed by atoms with van der Waals surface area (Å²) >= 11 is 3.44. The Bertz CT molecular complexity index is 735. The van der Waals surface area contributed by atoms with Crippen molar-refractivity contribution in [2.45, 2.75) is 13.0 Å². The van der Waals surface area contributed by atoms with Crippen LogP contribution in [0.1, 0.15) is 18.5 Å². The number of hydrogen-bond acceptors (Lipinski definition) is 4. The molecule has 0 bridgehead atoms. The fraction of sp³-hybridized carbons (Fsp3) is 0.214. The molecule has 0 saturated heterocycles. The largest absolute Gasteiger partial charge is 0.363 e. The standard InChI is InChI=1S/C14H14BrN5/c1-9(10-3-5-11(15)6-4-10)19-13-12-7-18-20(2)14(12)17-8-16-13/h3-9H,1-2H3,(H,16,17,19). The van der Waals surface area contributed by atoms with Crippen LogP contribution in [0.3, 0.4) is 0 Å². The van der Waals surface area contributed by atoms with Gasteiger partial charge >= 0.3 is 0 Å². The Morgan fingerprint density at radius 1 is 1.20 bits per heavy atom. The lowest BCUT2D eigenvalue weighted by Gasteiger charge is -2.15. The van der Waals surface area contributed by atoms with Gasteiger partial charge in [-0.1, -0.05) is 28.1 Å². The number of fused-ring (bicyclic) bond motifs is 1. The highest BCUT2D eigenvalue weighted by atomic mass is 79.9. The maximum absolute atomic E-state index is 4.32. The van der Waals surface area contributed by atoms with Crippen molar-refractivity contribution in [2.24, 2.45) is 7.05 Å². The van der Waals surface area contributed by atoms with Gasteiger partial charge < -0.3 is 5.32 Å². The highest BCUT2D eigenvalue weighted by Gasteiger charge is 2.11. The van der Waals surface area contributed by atoms with E-state index in [2.05, 4.69) is 55.4 Å². The van der Waals surface area contributed by atoms with Gasteiger partial charge in [-0.25, -0.2) is 9.97 Å². The van der Waals surface area contributed by atoms with Crippen molar-refractivity contribution in [3.8, 4) is 0 Å². The lowest BCUT2D eigenvalue weighted by atomic mass is 10.1. The third-order valence-corrected chi connectivity index (χ3v) is 3.78. The summed E-state index contributed by atoms with van der Waals surface area (Å²) in [6.45, 7) is 2.10. The number of aryl methyl sites for hydroxylation is 1. The Labute approximate surface area is 125 Å². The Hall–Kier alpha value is -1.95. The molecule has 0 aliphatic heterocycles. The normalized spacial score (nSPS) is 12.6. The second kappa shape index (κ2) is 5.20. The van der Waals surface area contributed by atoms with Gasteiger partial charge in [-0.05, 0) is 24.6 Å². The topological polar surface area (TPSA) is 55.6 Å². The van der Waals surface area contributed by atoms with Crippen LogP contribution in [0.25, 0.3) is 11.0 Å². The first-order chi connectivity index (χ1) is 9.65. The lowest BCUT2D eigenvalue weighted by molar-refractivity contribution is 0.785. The molecule has 0 amide bonds. The molecular formula is C14H14BrN5. The van der Waals surface area contributed by atoms with E-state index in [1.807, 2.05) is 19.2 Å². The van der Waals surface area contributed by atoms with Crippen LogP contribution in [0.5, 0.6) is 0 Å². The highest BCUT2D eigenvalue weighted by molar-refractivity contribution is 9.10. The van der Waals surface area contributed by atoms with E-state index >= 15 is 0 Å². The van der Waals surface area contributed by atoms with Crippen molar-refractivity contribution in [1.82, 2.24) is 19.7 Å². The third kappa shape index (κ3) is 2.38. The monoisotopic (exact) mass is 331 g/mol. The summed E-state index contributed by atoms with van der Waals surface area (Å²) in [4.78, 5) is 8.55. The smallest absolute Gasteiger partial charge is 0.163 e. The summed E-state index contributed by atoms with van der Waals surface area (Å²) in [7, 11) is 1.87. The number of nitrogens with zero attached hydrogens (tertiary/aromatic N) is 4.